The molecule has 0 saturated carbocycles. The van der Waals surface area contributed by atoms with Crippen molar-refractivity contribution >= 4 is 46.4 Å². The van der Waals surface area contributed by atoms with Crippen LogP contribution in [0.3, 0.4) is 0 Å². The fraction of sp³-hybridized carbons (Fsp3) is 0.0909. The van der Waals surface area contributed by atoms with Gasteiger partial charge >= 0.3 is 0 Å². The Morgan fingerprint density at radius 1 is 0.931 bits per heavy atom. The maximum Gasteiger partial charge on any atom is 0.262 e. The van der Waals surface area contributed by atoms with Gasteiger partial charge in [0.1, 0.15) is 12.3 Å². The molecule has 0 aliphatic carbocycles. The first-order chi connectivity index (χ1) is 14.0. The van der Waals surface area contributed by atoms with Crippen LogP contribution < -0.4 is 15.0 Å². The number of nitrogens with zero attached hydrogens (tertiary/aromatic N) is 1. The first-order valence-electron chi connectivity index (χ1n) is 8.74. The molecular formula is C22H18Cl2N2O3. The first kappa shape index (κ1) is 20.7. The van der Waals surface area contributed by atoms with Crippen molar-refractivity contribution < 1.29 is 14.3 Å². The summed E-state index contributed by atoms with van der Waals surface area (Å²) in [5.41, 5.74) is 1.44. The monoisotopic (exact) mass is 428 g/mol. The highest BCUT2D eigenvalue weighted by Crippen LogP contribution is 2.26. The van der Waals surface area contributed by atoms with Crippen molar-refractivity contribution in [3.8, 4) is 5.75 Å². The van der Waals surface area contributed by atoms with Crippen LogP contribution in [0.5, 0.6) is 5.75 Å². The summed E-state index contributed by atoms with van der Waals surface area (Å²) in [4.78, 5) is 27.3. The maximum absolute atomic E-state index is 13.2. The van der Waals surface area contributed by atoms with Gasteiger partial charge in [0.2, 0.25) is 5.91 Å². The number of hydrogen-bond acceptors (Lipinski definition) is 3. The lowest BCUT2D eigenvalue weighted by molar-refractivity contribution is -0.114. The van der Waals surface area contributed by atoms with E-state index in [1.54, 1.807) is 66.7 Å². The van der Waals surface area contributed by atoms with Gasteiger partial charge in [0.25, 0.3) is 5.91 Å². The van der Waals surface area contributed by atoms with Crippen LogP contribution in [-0.4, -0.2) is 25.5 Å². The molecule has 0 radical (unpaired) electrons. The Morgan fingerprint density at radius 2 is 1.62 bits per heavy atom. The number of benzene rings is 3. The number of para-hydroxylation sites is 2. The molecule has 2 amide bonds. The van der Waals surface area contributed by atoms with Crippen molar-refractivity contribution in [2.24, 2.45) is 0 Å². The molecule has 3 aromatic rings. The van der Waals surface area contributed by atoms with Crippen LogP contribution >= 0.6 is 23.2 Å². The second-order valence-corrected chi connectivity index (χ2v) is 6.92. The second-order valence-electron chi connectivity index (χ2n) is 6.10. The maximum atomic E-state index is 13.2. The Balaban J connectivity index is 1.87. The molecule has 0 aliphatic rings. The molecule has 0 heterocycles. The first-order valence-corrected chi connectivity index (χ1v) is 9.50. The molecule has 0 atom stereocenters. The molecule has 3 aromatic carbocycles. The number of rotatable bonds is 6. The van der Waals surface area contributed by atoms with Crippen LogP contribution in [-0.2, 0) is 4.79 Å². The SMILES string of the molecule is COc1ccccc1C(=O)N(CC(=O)Nc1ccc(Cl)c(Cl)c1)c1ccccc1. The Morgan fingerprint density at radius 3 is 2.31 bits per heavy atom. The van der Waals surface area contributed by atoms with Crippen molar-refractivity contribution in [1.82, 2.24) is 0 Å². The van der Waals surface area contributed by atoms with Crippen LogP contribution in [0.1, 0.15) is 10.4 Å². The van der Waals surface area contributed by atoms with E-state index in [9.17, 15) is 9.59 Å². The van der Waals surface area contributed by atoms with Crippen LogP contribution in [0.25, 0.3) is 0 Å². The van der Waals surface area contributed by atoms with Gasteiger partial charge in [-0.1, -0.05) is 53.5 Å². The minimum absolute atomic E-state index is 0.193. The number of halogens is 2. The van der Waals surface area contributed by atoms with Gasteiger partial charge in [-0.3, -0.25) is 14.5 Å². The van der Waals surface area contributed by atoms with Gasteiger partial charge in [-0.05, 0) is 42.5 Å². The largest absolute Gasteiger partial charge is 0.496 e. The van der Waals surface area contributed by atoms with E-state index in [1.807, 2.05) is 6.07 Å². The van der Waals surface area contributed by atoms with Gasteiger partial charge in [-0.2, -0.15) is 0 Å². The number of carbonyl (C=O) groups is 2. The van der Waals surface area contributed by atoms with Crippen molar-refractivity contribution in [3.63, 3.8) is 0 Å². The number of ether oxygens (including phenoxy) is 1. The zero-order valence-corrected chi connectivity index (χ0v) is 17.1. The average molecular weight is 429 g/mol. The van der Waals surface area contributed by atoms with E-state index in [-0.39, 0.29) is 18.4 Å². The summed E-state index contributed by atoms with van der Waals surface area (Å²) in [6.45, 7) is -0.193. The lowest BCUT2D eigenvalue weighted by Crippen LogP contribution is -2.38. The number of hydrogen-bond donors (Lipinski definition) is 1. The third-order valence-corrected chi connectivity index (χ3v) is 4.89. The topological polar surface area (TPSA) is 58.6 Å². The number of methoxy groups -OCH3 is 1. The van der Waals surface area contributed by atoms with Crippen molar-refractivity contribution in [3.05, 3.63) is 88.4 Å². The van der Waals surface area contributed by atoms with Crippen molar-refractivity contribution in [2.45, 2.75) is 0 Å². The van der Waals surface area contributed by atoms with Gasteiger partial charge in [0, 0.05) is 11.4 Å². The molecule has 0 fully saturated rings. The summed E-state index contributed by atoms with van der Waals surface area (Å²) in [6, 6.07) is 20.6. The molecule has 7 heteroatoms. The minimum atomic E-state index is -0.379. The lowest BCUT2D eigenvalue weighted by Gasteiger charge is -2.23. The minimum Gasteiger partial charge on any atom is -0.496 e. The molecule has 0 aromatic heterocycles. The third-order valence-electron chi connectivity index (χ3n) is 4.16. The molecular weight excluding hydrogens is 411 g/mol. The van der Waals surface area contributed by atoms with Crippen LogP contribution in [0.2, 0.25) is 10.0 Å². The number of amides is 2. The Hall–Kier alpha value is -3.02. The number of nitrogens with one attached hydrogen (secondary N) is 1. The summed E-state index contributed by atoms with van der Waals surface area (Å²) in [5, 5.41) is 3.46. The average Bonchev–Trinajstić information content (AvgIpc) is 2.74. The van der Waals surface area contributed by atoms with Crippen LogP contribution in [0, 0.1) is 0 Å². The zero-order valence-electron chi connectivity index (χ0n) is 15.6. The fourth-order valence-electron chi connectivity index (χ4n) is 2.77. The van der Waals surface area contributed by atoms with Gasteiger partial charge < -0.3 is 10.1 Å². The van der Waals surface area contributed by atoms with E-state index in [0.717, 1.165) is 0 Å². The molecule has 29 heavy (non-hydrogen) atoms. The second kappa shape index (κ2) is 9.45. The number of anilines is 2. The molecule has 0 unspecified atom stereocenters. The highest BCUT2D eigenvalue weighted by atomic mass is 35.5. The molecule has 0 spiro atoms. The summed E-state index contributed by atoms with van der Waals surface area (Å²) < 4.78 is 5.30. The molecule has 0 aliphatic heterocycles. The van der Waals surface area contributed by atoms with E-state index in [0.29, 0.717) is 32.7 Å². The summed E-state index contributed by atoms with van der Waals surface area (Å²) in [5.74, 6) is -0.295. The zero-order chi connectivity index (χ0) is 20.8. The quantitative estimate of drug-likeness (QED) is 0.580. The van der Waals surface area contributed by atoms with Crippen molar-refractivity contribution in [2.75, 3.05) is 23.9 Å². The normalized spacial score (nSPS) is 10.3. The molecule has 5 nitrogen and oxygen atoms in total. The summed E-state index contributed by atoms with van der Waals surface area (Å²) in [6.07, 6.45) is 0. The molecule has 148 valence electrons. The van der Waals surface area contributed by atoms with E-state index >= 15 is 0 Å². The van der Waals surface area contributed by atoms with Gasteiger partial charge in [-0.25, -0.2) is 0 Å². The van der Waals surface area contributed by atoms with Gasteiger partial charge in [0.05, 0.1) is 22.7 Å². The summed E-state index contributed by atoms with van der Waals surface area (Å²) in [7, 11) is 1.50. The summed E-state index contributed by atoms with van der Waals surface area (Å²) >= 11 is 11.9. The smallest absolute Gasteiger partial charge is 0.262 e. The Kier molecular flexibility index (Phi) is 6.75. The van der Waals surface area contributed by atoms with E-state index < -0.39 is 0 Å². The highest BCUT2D eigenvalue weighted by molar-refractivity contribution is 6.42. The van der Waals surface area contributed by atoms with Gasteiger partial charge in [0.15, 0.2) is 0 Å². The van der Waals surface area contributed by atoms with E-state index in [4.69, 9.17) is 27.9 Å². The predicted molar refractivity (Wildman–Crippen MR) is 116 cm³/mol. The van der Waals surface area contributed by atoms with Crippen molar-refractivity contribution in [1.29, 1.82) is 0 Å². The standard InChI is InChI=1S/C22H18Cl2N2O3/c1-29-20-10-6-5-9-17(20)22(28)26(16-7-3-2-4-8-16)14-21(27)25-15-11-12-18(23)19(24)13-15/h2-13H,14H2,1H3,(H,25,27). The van der Waals surface area contributed by atoms with Crippen LogP contribution in [0.4, 0.5) is 11.4 Å². The number of carbonyl (C=O) groups excluding carboxylic acids is 2. The van der Waals surface area contributed by atoms with Gasteiger partial charge in [-0.15, -0.1) is 0 Å². The lowest BCUT2D eigenvalue weighted by atomic mass is 10.1. The predicted octanol–water partition coefficient (Wildman–Crippen LogP) is 5.29. The van der Waals surface area contributed by atoms with E-state index in [1.165, 1.54) is 12.0 Å². The fourth-order valence-corrected chi connectivity index (χ4v) is 3.07. The molecule has 0 bridgehead atoms. The molecule has 0 saturated heterocycles. The molecule has 3 rings (SSSR count). The molecule has 1 N–H and O–H groups in total. The Labute approximate surface area is 178 Å². The Bertz CT molecular complexity index is 1030. The highest BCUT2D eigenvalue weighted by Gasteiger charge is 2.23. The van der Waals surface area contributed by atoms with E-state index in [2.05, 4.69) is 5.32 Å². The third kappa shape index (κ3) is 5.08. The van der Waals surface area contributed by atoms with Crippen LogP contribution in [0.15, 0.2) is 72.8 Å².